The average molecular weight is 528 g/mol. The molecule has 0 radical (unpaired) electrons. The number of carbonyl (C=O) groups excluding carboxylic acids is 3. The molecule has 1 atom stereocenters. The van der Waals surface area contributed by atoms with Gasteiger partial charge in [0.05, 0.1) is 24.8 Å². The SMILES string of the molecule is C[C@@H]([C@H]1C[C@H](C(N)=O)C1)N(OS(=O)(=O)OCC(C)(C)CC(C)(C)COC(=O)c1ccccc1)C(N)=O. The maximum absolute atomic E-state index is 12.5. The van der Waals surface area contributed by atoms with Gasteiger partial charge in [0.1, 0.15) is 0 Å². The van der Waals surface area contributed by atoms with E-state index in [2.05, 4.69) is 0 Å². The second kappa shape index (κ2) is 11.6. The van der Waals surface area contributed by atoms with Crippen molar-refractivity contribution >= 4 is 28.3 Å². The predicted octanol–water partition coefficient (Wildman–Crippen LogP) is 2.76. The molecule has 2 rings (SSSR count). The van der Waals surface area contributed by atoms with Gasteiger partial charge in [-0.25, -0.2) is 13.8 Å². The topological polar surface area (TPSA) is 168 Å². The fraction of sp³-hybridized carbons (Fsp3) is 0.625. The summed E-state index contributed by atoms with van der Waals surface area (Å²) in [5.41, 5.74) is 9.89. The third-order valence-electron chi connectivity index (χ3n) is 6.17. The number of rotatable bonds is 13. The van der Waals surface area contributed by atoms with Crippen LogP contribution in [-0.4, -0.2) is 50.6 Å². The summed E-state index contributed by atoms with van der Waals surface area (Å²) in [5.74, 6) is -1.40. The fourth-order valence-corrected chi connectivity index (χ4v) is 5.36. The molecule has 1 fully saturated rings. The molecule has 0 unspecified atom stereocenters. The minimum absolute atomic E-state index is 0.119. The molecule has 1 saturated carbocycles. The lowest BCUT2D eigenvalue weighted by Gasteiger charge is -2.40. The lowest BCUT2D eigenvalue weighted by molar-refractivity contribution is -0.130. The van der Waals surface area contributed by atoms with Gasteiger partial charge in [0.2, 0.25) is 5.91 Å². The molecule has 0 aromatic heterocycles. The van der Waals surface area contributed by atoms with Crippen molar-refractivity contribution in [1.29, 1.82) is 0 Å². The Bertz CT molecular complexity index is 1040. The maximum atomic E-state index is 12.5. The van der Waals surface area contributed by atoms with Gasteiger partial charge in [-0.2, -0.15) is 13.5 Å². The second-order valence-electron chi connectivity index (χ2n) is 10.9. The molecule has 1 aliphatic carbocycles. The highest BCUT2D eigenvalue weighted by Gasteiger charge is 2.41. The molecule has 1 aromatic rings. The van der Waals surface area contributed by atoms with Crippen molar-refractivity contribution in [2.75, 3.05) is 13.2 Å². The molecule has 36 heavy (non-hydrogen) atoms. The Labute approximate surface area is 212 Å². The molecule has 1 aliphatic rings. The Morgan fingerprint density at radius 2 is 1.58 bits per heavy atom. The van der Waals surface area contributed by atoms with Gasteiger partial charge in [0.25, 0.3) is 0 Å². The van der Waals surface area contributed by atoms with Gasteiger partial charge in [-0.1, -0.05) is 45.9 Å². The molecular weight excluding hydrogens is 490 g/mol. The number of urea groups is 1. The maximum Gasteiger partial charge on any atom is 0.421 e. The molecule has 0 saturated heterocycles. The predicted molar refractivity (Wildman–Crippen MR) is 131 cm³/mol. The van der Waals surface area contributed by atoms with E-state index in [4.69, 9.17) is 24.7 Å². The second-order valence-corrected chi connectivity index (χ2v) is 12.1. The summed E-state index contributed by atoms with van der Waals surface area (Å²) in [7, 11) is -4.62. The molecule has 3 amide bonds. The van der Waals surface area contributed by atoms with Gasteiger partial charge in [-0.15, -0.1) is 4.28 Å². The highest BCUT2D eigenvalue weighted by molar-refractivity contribution is 7.81. The number of amides is 3. The van der Waals surface area contributed by atoms with E-state index in [1.165, 1.54) is 0 Å². The molecular formula is C24H37N3O8S. The Morgan fingerprint density at radius 3 is 2.11 bits per heavy atom. The first kappa shape index (κ1) is 29.5. The Hall–Kier alpha value is -2.70. The molecule has 12 heteroatoms. The lowest BCUT2D eigenvalue weighted by Crippen LogP contribution is -2.51. The van der Waals surface area contributed by atoms with Crippen LogP contribution in [0.5, 0.6) is 0 Å². The van der Waals surface area contributed by atoms with Crippen molar-refractivity contribution in [2.45, 2.75) is 59.9 Å². The van der Waals surface area contributed by atoms with Crippen LogP contribution in [0.25, 0.3) is 0 Å². The van der Waals surface area contributed by atoms with Gasteiger partial charge in [0.15, 0.2) is 0 Å². The number of ether oxygens (including phenoxy) is 1. The summed E-state index contributed by atoms with van der Waals surface area (Å²) in [6.07, 6.45) is 1.26. The van der Waals surface area contributed by atoms with Crippen molar-refractivity contribution < 1.29 is 36.0 Å². The molecule has 11 nitrogen and oxygen atoms in total. The highest BCUT2D eigenvalue weighted by Crippen LogP contribution is 2.38. The van der Waals surface area contributed by atoms with E-state index in [0.29, 0.717) is 29.9 Å². The number of hydrogen-bond donors (Lipinski definition) is 2. The van der Waals surface area contributed by atoms with Crippen molar-refractivity contribution in [3.05, 3.63) is 35.9 Å². The van der Waals surface area contributed by atoms with Gasteiger partial charge >= 0.3 is 22.4 Å². The molecule has 0 bridgehead atoms. The van der Waals surface area contributed by atoms with Gasteiger partial charge in [-0.05, 0) is 55.1 Å². The first-order chi connectivity index (χ1) is 16.5. The zero-order valence-corrected chi connectivity index (χ0v) is 22.2. The molecule has 1 aromatic carbocycles. The average Bonchev–Trinajstić information content (AvgIpc) is 2.73. The van der Waals surface area contributed by atoms with Gasteiger partial charge in [-0.3, -0.25) is 4.79 Å². The van der Waals surface area contributed by atoms with E-state index >= 15 is 0 Å². The number of primary amides is 2. The third kappa shape index (κ3) is 8.75. The van der Waals surface area contributed by atoms with Crippen LogP contribution in [0, 0.1) is 22.7 Å². The van der Waals surface area contributed by atoms with Crippen molar-refractivity contribution in [3.63, 3.8) is 0 Å². The largest absolute Gasteiger partial charge is 0.462 e. The molecule has 202 valence electrons. The number of nitrogens with zero attached hydrogens (tertiary/aromatic N) is 1. The number of esters is 1. The van der Waals surface area contributed by atoms with E-state index in [0.717, 1.165) is 0 Å². The summed E-state index contributed by atoms with van der Waals surface area (Å²) in [5, 5.41) is 0.553. The summed E-state index contributed by atoms with van der Waals surface area (Å²) in [4.78, 5) is 35.4. The van der Waals surface area contributed by atoms with Gasteiger partial charge < -0.3 is 16.2 Å². The van der Waals surface area contributed by atoms with E-state index in [1.807, 2.05) is 13.8 Å². The van der Waals surface area contributed by atoms with Crippen LogP contribution in [0.3, 0.4) is 0 Å². The standard InChI is InChI=1S/C24H37N3O8S/c1-16(18-11-19(12-18)20(25)28)27(22(26)30)35-36(31,32)34-15-24(4,5)13-23(2,3)14-33-21(29)17-9-7-6-8-10-17/h6-10,16,18-19H,11-15H2,1-5H3,(H2,25,28)(H2,26,30)/t16-,18-,19-/m0/s1. The number of hydrogen-bond acceptors (Lipinski definition) is 8. The van der Waals surface area contributed by atoms with E-state index in [9.17, 15) is 22.8 Å². The minimum atomic E-state index is -4.62. The number of nitrogens with two attached hydrogens (primary N) is 2. The third-order valence-corrected chi connectivity index (χ3v) is 6.92. The number of benzene rings is 1. The summed E-state index contributed by atoms with van der Waals surface area (Å²) in [6, 6.07) is 6.81. The molecule has 4 N–H and O–H groups in total. The fourth-order valence-electron chi connectivity index (χ4n) is 4.45. The molecule has 0 heterocycles. The van der Waals surface area contributed by atoms with E-state index in [-0.39, 0.29) is 25.0 Å². The van der Waals surface area contributed by atoms with Crippen molar-refractivity contribution in [2.24, 2.45) is 34.1 Å². The van der Waals surface area contributed by atoms with E-state index in [1.54, 1.807) is 51.1 Å². The summed E-state index contributed by atoms with van der Waals surface area (Å²) < 4.78 is 40.4. The van der Waals surface area contributed by atoms with Crippen LogP contribution in [0.1, 0.15) is 64.2 Å². The summed E-state index contributed by atoms with van der Waals surface area (Å²) in [6.45, 7) is 8.84. The van der Waals surface area contributed by atoms with Crippen molar-refractivity contribution in [3.8, 4) is 0 Å². The first-order valence-electron chi connectivity index (χ1n) is 11.7. The van der Waals surface area contributed by atoms with E-state index < -0.39 is 45.2 Å². The zero-order chi connectivity index (χ0) is 27.3. The molecule has 0 aliphatic heterocycles. The number of carbonyl (C=O) groups is 3. The van der Waals surface area contributed by atoms with Crippen LogP contribution in [-0.2, 0) is 28.4 Å². The smallest absolute Gasteiger partial charge is 0.421 e. The zero-order valence-electron chi connectivity index (χ0n) is 21.4. The number of hydroxylamine groups is 2. The first-order valence-corrected chi connectivity index (χ1v) is 13.0. The lowest BCUT2D eigenvalue weighted by atomic mass is 9.71. The minimum Gasteiger partial charge on any atom is -0.462 e. The van der Waals surface area contributed by atoms with Crippen molar-refractivity contribution in [1.82, 2.24) is 5.06 Å². The van der Waals surface area contributed by atoms with Crippen LogP contribution in [0.15, 0.2) is 30.3 Å². The summed E-state index contributed by atoms with van der Waals surface area (Å²) >= 11 is 0. The van der Waals surface area contributed by atoms with Crippen LogP contribution < -0.4 is 11.5 Å². The van der Waals surface area contributed by atoms with Gasteiger partial charge in [0, 0.05) is 5.92 Å². The highest BCUT2D eigenvalue weighted by atomic mass is 32.3. The Balaban J connectivity index is 1.90. The monoisotopic (exact) mass is 527 g/mol. The quantitative estimate of drug-likeness (QED) is 0.291. The Morgan fingerprint density at radius 1 is 1.03 bits per heavy atom. The van der Waals surface area contributed by atoms with Crippen LogP contribution >= 0.6 is 0 Å². The Kier molecular flexibility index (Phi) is 9.49. The molecule has 0 spiro atoms. The van der Waals surface area contributed by atoms with Crippen LogP contribution in [0.4, 0.5) is 4.79 Å². The normalized spacial score (nSPS) is 19.1. The van der Waals surface area contributed by atoms with Crippen LogP contribution in [0.2, 0.25) is 0 Å².